The Morgan fingerprint density at radius 2 is 2.27 bits per heavy atom. The maximum absolute atomic E-state index is 8.92. The highest BCUT2D eigenvalue weighted by Gasteiger charge is 2.06. The highest BCUT2D eigenvalue weighted by molar-refractivity contribution is 8.01. The van der Waals surface area contributed by atoms with Crippen molar-refractivity contribution < 1.29 is 5.11 Å². The van der Waals surface area contributed by atoms with Gasteiger partial charge in [-0.15, -0.1) is 11.3 Å². The molecule has 1 N–H and O–H groups in total. The van der Waals surface area contributed by atoms with E-state index in [0.29, 0.717) is 5.92 Å². The highest BCUT2D eigenvalue weighted by Crippen LogP contribution is 2.30. The number of benzene rings is 1. The molecule has 0 amide bonds. The molecule has 1 unspecified atom stereocenters. The van der Waals surface area contributed by atoms with Gasteiger partial charge in [0.15, 0.2) is 4.34 Å². The van der Waals surface area contributed by atoms with Crippen LogP contribution in [0.3, 0.4) is 0 Å². The first kappa shape index (κ1) is 10.9. The monoisotopic (exact) mass is 239 g/mol. The van der Waals surface area contributed by atoms with E-state index in [2.05, 4.69) is 11.1 Å². The molecule has 80 valence electrons. The molecule has 2 rings (SSSR count). The molecule has 0 aliphatic heterocycles. The fourth-order valence-corrected chi connectivity index (χ4v) is 3.28. The third-order valence-electron chi connectivity index (χ3n) is 2.08. The van der Waals surface area contributed by atoms with Gasteiger partial charge in [-0.1, -0.05) is 30.8 Å². The van der Waals surface area contributed by atoms with Gasteiger partial charge >= 0.3 is 0 Å². The van der Waals surface area contributed by atoms with Crippen molar-refractivity contribution in [2.75, 3.05) is 12.4 Å². The fraction of sp³-hybridized carbons (Fsp3) is 0.364. The van der Waals surface area contributed by atoms with Gasteiger partial charge < -0.3 is 5.11 Å². The number of aliphatic hydroxyl groups is 1. The molecule has 15 heavy (non-hydrogen) atoms. The van der Waals surface area contributed by atoms with Crippen molar-refractivity contribution in [1.29, 1.82) is 0 Å². The van der Waals surface area contributed by atoms with E-state index in [-0.39, 0.29) is 6.61 Å². The summed E-state index contributed by atoms with van der Waals surface area (Å²) >= 11 is 3.45. The number of hydrogen-bond acceptors (Lipinski definition) is 4. The average molecular weight is 239 g/mol. The van der Waals surface area contributed by atoms with Crippen LogP contribution < -0.4 is 0 Å². The zero-order chi connectivity index (χ0) is 10.7. The maximum atomic E-state index is 8.92. The normalized spacial score (nSPS) is 13.2. The van der Waals surface area contributed by atoms with Crippen LogP contribution in [0.4, 0.5) is 0 Å². The molecule has 1 heterocycles. The molecule has 2 nitrogen and oxygen atoms in total. The summed E-state index contributed by atoms with van der Waals surface area (Å²) in [5.41, 5.74) is 1.07. The first-order chi connectivity index (χ1) is 7.29. The Labute approximate surface area is 97.4 Å². The van der Waals surface area contributed by atoms with E-state index in [1.54, 1.807) is 23.1 Å². The van der Waals surface area contributed by atoms with Gasteiger partial charge in [0, 0.05) is 12.4 Å². The first-order valence-corrected chi connectivity index (χ1v) is 6.69. The Bertz CT molecular complexity index is 408. The first-order valence-electron chi connectivity index (χ1n) is 4.89. The summed E-state index contributed by atoms with van der Waals surface area (Å²) in [4.78, 5) is 4.52. The summed E-state index contributed by atoms with van der Waals surface area (Å²) in [6, 6.07) is 8.16. The molecule has 1 aromatic carbocycles. The molecular weight excluding hydrogens is 226 g/mol. The Hall–Kier alpha value is -0.580. The number of hydrogen-bond donors (Lipinski definition) is 1. The van der Waals surface area contributed by atoms with Crippen molar-refractivity contribution in [1.82, 2.24) is 4.98 Å². The van der Waals surface area contributed by atoms with E-state index >= 15 is 0 Å². The molecule has 0 saturated carbocycles. The van der Waals surface area contributed by atoms with Crippen LogP contribution in [0.25, 0.3) is 10.2 Å². The van der Waals surface area contributed by atoms with Crippen LogP contribution in [-0.2, 0) is 0 Å². The number of aromatic nitrogens is 1. The van der Waals surface area contributed by atoms with Crippen LogP contribution in [-0.4, -0.2) is 22.5 Å². The zero-order valence-electron chi connectivity index (χ0n) is 8.51. The minimum atomic E-state index is 0.248. The minimum absolute atomic E-state index is 0.248. The van der Waals surface area contributed by atoms with E-state index in [9.17, 15) is 0 Å². The number of fused-ring (bicyclic) bond motifs is 1. The lowest BCUT2D eigenvalue weighted by Crippen LogP contribution is -2.02. The number of nitrogens with zero attached hydrogens (tertiary/aromatic N) is 1. The summed E-state index contributed by atoms with van der Waals surface area (Å²) in [6.07, 6.45) is 0. The summed E-state index contributed by atoms with van der Waals surface area (Å²) in [5, 5.41) is 8.92. The molecule has 0 aliphatic carbocycles. The van der Waals surface area contributed by atoms with E-state index in [0.717, 1.165) is 15.6 Å². The predicted octanol–water partition coefficient (Wildman–Crippen LogP) is 3.02. The fourth-order valence-electron chi connectivity index (χ4n) is 1.18. The Morgan fingerprint density at radius 3 is 3.00 bits per heavy atom. The number of rotatable bonds is 4. The predicted molar refractivity (Wildman–Crippen MR) is 66.6 cm³/mol. The van der Waals surface area contributed by atoms with Gasteiger partial charge in [-0.25, -0.2) is 4.98 Å². The largest absolute Gasteiger partial charge is 0.396 e. The third kappa shape index (κ3) is 2.71. The van der Waals surface area contributed by atoms with E-state index in [1.165, 1.54) is 4.70 Å². The standard InChI is InChI=1S/C11H13NOS2/c1-8(6-13)7-14-11-12-9-4-2-3-5-10(9)15-11/h2-5,8,13H,6-7H2,1H3. The maximum Gasteiger partial charge on any atom is 0.151 e. The Morgan fingerprint density at radius 1 is 1.47 bits per heavy atom. The molecule has 1 aromatic heterocycles. The van der Waals surface area contributed by atoms with Crippen molar-refractivity contribution in [3.05, 3.63) is 24.3 Å². The van der Waals surface area contributed by atoms with Crippen molar-refractivity contribution in [3.8, 4) is 0 Å². The molecule has 0 saturated heterocycles. The van der Waals surface area contributed by atoms with Crippen LogP contribution in [0.5, 0.6) is 0 Å². The molecule has 1 atom stereocenters. The highest BCUT2D eigenvalue weighted by atomic mass is 32.2. The lowest BCUT2D eigenvalue weighted by molar-refractivity contribution is 0.250. The summed E-state index contributed by atoms with van der Waals surface area (Å²) in [7, 11) is 0. The lowest BCUT2D eigenvalue weighted by Gasteiger charge is -2.03. The molecule has 0 fully saturated rings. The molecule has 0 spiro atoms. The number of thioether (sulfide) groups is 1. The topological polar surface area (TPSA) is 33.1 Å². The van der Waals surface area contributed by atoms with E-state index < -0.39 is 0 Å². The van der Waals surface area contributed by atoms with Gasteiger partial charge in [0.25, 0.3) is 0 Å². The minimum Gasteiger partial charge on any atom is -0.396 e. The van der Waals surface area contributed by atoms with Crippen LogP contribution in [0, 0.1) is 5.92 Å². The van der Waals surface area contributed by atoms with Crippen molar-refractivity contribution in [3.63, 3.8) is 0 Å². The van der Waals surface area contributed by atoms with Gasteiger partial charge in [-0.3, -0.25) is 0 Å². The molecule has 0 radical (unpaired) electrons. The third-order valence-corrected chi connectivity index (χ3v) is 4.59. The average Bonchev–Trinajstić information content (AvgIpc) is 2.68. The van der Waals surface area contributed by atoms with Crippen LogP contribution in [0.2, 0.25) is 0 Å². The zero-order valence-corrected chi connectivity index (χ0v) is 10.1. The Kier molecular flexibility index (Phi) is 3.61. The second-order valence-electron chi connectivity index (χ2n) is 3.55. The quantitative estimate of drug-likeness (QED) is 0.833. The summed E-state index contributed by atoms with van der Waals surface area (Å²) < 4.78 is 2.33. The van der Waals surface area contributed by atoms with Crippen molar-refractivity contribution in [2.24, 2.45) is 5.92 Å². The molecule has 4 heteroatoms. The van der Waals surface area contributed by atoms with Crippen molar-refractivity contribution in [2.45, 2.75) is 11.3 Å². The van der Waals surface area contributed by atoms with Gasteiger partial charge in [-0.05, 0) is 18.1 Å². The van der Waals surface area contributed by atoms with Crippen LogP contribution >= 0.6 is 23.1 Å². The van der Waals surface area contributed by atoms with Gasteiger partial charge in [0.2, 0.25) is 0 Å². The summed E-state index contributed by atoms with van der Waals surface area (Å²) in [6.45, 7) is 2.29. The second-order valence-corrected chi connectivity index (χ2v) is 5.84. The molecule has 2 aromatic rings. The SMILES string of the molecule is CC(CO)CSc1nc2ccccc2s1. The van der Waals surface area contributed by atoms with E-state index in [1.807, 2.05) is 25.1 Å². The smallest absolute Gasteiger partial charge is 0.151 e. The van der Waals surface area contributed by atoms with Crippen LogP contribution in [0.1, 0.15) is 6.92 Å². The number of para-hydroxylation sites is 1. The molecule has 0 bridgehead atoms. The number of aliphatic hydroxyl groups excluding tert-OH is 1. The molecule has 0 aliphatic rings. The van der Waals surface area contributed by atoms with Gasteiger partial charge in [0.05, 0.1) is 10.2 Å². The number of thiazole rings is 1. The van der Waals surface area contributed by atoms with Crippen molar-refractivity contribution >= 4 is 33.3 Å². The molecular formula is C11H13NOS2. The van der Waals surface area contributed by atoms with Gasteiger partial charge in [-0.2, -0.15) is 0 Å². The lowest BCUT2D eigenvalue weighted by atomic mass is 10.2. The second kappa shape index (κ2) is 4.96. The van der Waals surface area contributed by atoms with Crippen LogP contribution in [0.15, 0.2) is 28.6 Å². The van der Waals surface area contributed by atoms with E-state index in [4.69, 9.17) is 5.11 Å². The Balaban J connectivity index is 2.09. The summed E-state index contributed by atoms with van der Waals surface area (Å²) in [5.74, 6) is 1.26. The van der Waals surface area contributed by atoms with Gasteiger partial charge in [0.1, 0.15) is 0 Å².